The zero-order valence-corrected chi connectivity index (χ0v) is 18.9. The zero-order valence-electron chi connectivity index (χ0n) is 18.1. The van der Waals surface area contributed by atoms with E-state index in [1.54, 1.807) is 19.2 Å². The molecule has 0 aliphatic rings. The van der Waals surface area contributed by atoms with Crippen molar-refractivity contribution < 1.29 is 13.9 Å². The largest absolute Gasteiger partial charge is 0.497 e. The van der Waals surface area contributed by atoms with Crippen LogP contribution in [-0.4, -0.2) is 28.9 Å². The van der Waals surface area contributed by atoms with Crippen molar-refractivity contribution in [3.05, 3.63) is 102 Å². The molecule has 6 nitrogen and oxygen atoms in total. The Labute approximate surface area is 195 Å². The molecule has 8 heteroatoms. The van der Waals surface area contributed by atoms with Gasteiger partial charge in [-0.05, 0) is 35.4 Å². The number of hydrogen-bond acceptors (Lipinski definition) is 6. The summed E-state index contributed by atoms with van der Waals surface area (Å²) < 4.78 is 23.7. The van der Waals surface area contributed by atoms with E-state index in [-0.39, 0.29) is 18.1 Å². The smallest absolute Gasteiger partial charge is 0.244 e. The van der Waals surface area contributed by atoms with E-state index in [1.807, 2.05) is 59.5 Å². The Hall–Kier alpha value is -3.78. The van der Waals surface area contributed by atoms with Gasteiger partial charge in [-0.15, -0.1) is 0 Å². The fraction of sp³-hybridized carbons (Fsp3) is 0.160. The van der Waals surface area contributed by atoms with E-state index in [0.29, 0.717) is 23.9 Å². The molecule has 0 aliphatic carbocycles. The van der Waals surface area contributed by atoms with Crippen LogP contribution in [0.3, 0.4) is 0 Å². The van der Waals surface area contributed by atoms with Crippen LogP contribution in [0, 0.1) is 5.82 Å². The molecular formula is C25H23FN4O2S. The lowest BCUT2D eigenvalue weighted by Gasteiger charge is -2.21. The number of halogens is 1. The summed E-state index contributed by atoms with van der Waals surface area (Å²) in [7, 11) is 1.63. The number of amides is 1. The number of hydrogen-bond donors (Lipinski definition) is 1. The van der Waals surface area contributed by atoms with E-state index in [1.165, 1.54) is 23.7 Å². The average Bonchev–Trinajstić information content (AvgIpc) is 3.29. The molecule has 0 saturated carbocycles. The van der Waals surface area contributed by atoms with Crippen molar-refractivity contribution in [2.45, 2.75) is 13.0 Å². The Morgan fingerprint density at radius 1 is 1.03 bits per heavy atom. The summed E-state index contributed by atoms with van der Waals surface area (Å²) in [6.45, 7) is 0.482. The highest BCUT2D eigenvalue weighted by atomic mass is 32.1. The standard InChI is InChI=1S/C25H23FN4O2S/c1-32-20-11-7-10-19(14-20)15-23-28-25(33-29-23)30(16-18-8-3-2-4-9-18)17-24(31)27-22-13-6-5-12-21(22)26/h2-14H,15-17H2,1H3,(H,27,31). The third kappa shape index (κ3) is 6.14. The van der Waals surface area contributed by atoms with Gasteiger partial charge in [0.1, 0.15) is 17.4 Å². The number of carbonyl (C=O) groups excluding carboxylic acids is 1. The Morgan fingerprint density at radius 2 is 1.79 bits per heavy atom. The summed E-state index contributed by atoms with van der Waals surface area (Å²) in [5.74, 6) is 0.631. The van der Waals surface area contributed by atoms with Crippen LogP contribution in [0.1, 0.15) is 17.0 Å². The van der Waals surface area contributed by atoms with Crippen LogP contribution < -0.4 is 15.0 Å². The van der Waals surface area contributed by atoms with E-state index < -0.39 is 5.82 Å². The summed E-state index contributed by atoms with van der Waals surface area (Å²) in [4.78, 5) is 19.2. The lowest BCUT2D eigenvalue weighted by molar-refractivity contribution is -0.115. The second kappa shape index (κ2) is 10.7. The third-order valence-electron chi connectivity index (χ3n) is 4.92. The third-order valence-corrected chi connectivity index (χ3v) is 5.74. The predicted molar refractivity (Wildman–Crippen MR) is 128 cm³/mol. The molecule has 0 radical (unpaired) electrons. The summed E-state index contributed by atoms with van der Waals surface area (Å²) >= 11 is 1.24. The van der Waals surface area contributed by atoms with Crippen LogP contribution in [0.15, 0.2) is 78.9 Å². The number of rotatable bonds is 9. The molecule has 1 N–H and O–H groups in total. The van der Waals surface area contributed by atoms with E-state index in [9.17, 15) is 9.18 Å². The Bertz CT molecular complexity index is 1220. The van der Waals surface area contributed by atoms with Crippen molar-refractivity contribution in [2.75, 3.05) is 23.9 Å². The second-order valence-electron chi connectivity index (χ2n) is 7.39. The first-order valence-corrected chi connectivity index (χ1v) is 11.2. The van der Waals surface area contributed by atoms with Crippen molar-refractivity contribution in [3.8, 4) is 5.75 Å². The maximum atomic E-state index is 14.0. The van der Waals surface area contributed by atoms with E-state index in [0.717, 1.165) is 16.9 Å². The molecule has 0 saturated heterocycles. The van der Waals surface area contributed by atoms with Crippen LogP contribution in [0.2, 0.25) is 0 Å². The minimum atomic E-state index is -0.475. The molecule has 1 aromatic heterocycles. The maximum absolute atomic E-state index is 14.0. The van der Waals surface area contributed by atoms with Crippen LogP contribution in [0.4, 0.5) is 15.2 Å². The van der Waals surface area contributed by atoms with Crippen molar-refractivity contribution >= 4 is 28.3 Å². The molecule has 0 spiro atoms. The monoisotopic (exact) mass is 462 g/mol. The second-order valence-corrected chi connectivity index (χ2v) is 8.12. The lowest BCUT2D eigenvalue weighted by Crippen LogP contribution is -2.33. The van der Waals surface area contributed by atoms with E-state index in [2.05, 4.69) is 14.7 Å². The van der Waals surface area contributed by atoms with Gasteiger partial charge < -0.3 is 15.0 Å². The van der Waals surface area contributed by atoms with Crippen molar-refractivity contribution in [1.82, 2.24) is 9.36 Å². The molecular weight excluding hydrogens is 439 g/mol. The average molecular weight is 463 g/mol. The van der Waals surface area contributed by atoms with E-state index >= 15 is 0 Å². The van der Waals surface area contributed by atoms with Gasteiger partial charge in [-0.1, -0.05) is 54.6 Å². The molecule has 3 aromatic carbocycles. The molecule has 4 aromatic rings. The van der Waals surface area contributed by atoms with Gasteiger partial charge >= 0.3 is 0 Å². The van der Waals surface area contributed by atoms with Crippen molar-refractivity contribution in [2.24, 2.45) is 0 Å². The normalized spacial score (nSPS) is 10.6. The highest BCUT2D eigenvalue weighted by Crippen LogP contribution is 2.23. The number of benzene rings is 3. The number of nitrogens with zero attached hydrogens (tertiary/aromatic N) is 3. The van der Waals surface area contributed by atoms with Gasteiger partial charge in [0.25, 0.3) is 0 Å². The topological polar surface area (TPSA) is 67.3 Å². The van der Waals surface area contributed by atoms with Gasteiger partial charge in [0, 0.05) is 24.5 Å². The summed E-state index contributed by atoms with van der Waals surface area (Å²) in [6.07, 6.45) is 0.550. The van der Waals surface area contributed by atoms with E-state index in [4.69, 9.17) is 4.74 Å². The number of nitrogens with one attached hydrogen (secondary N) is 1. The maximum Gasteiger partial charge on any atom is 0.244 e. The first-order chi connectivity index (χ1) is 16.1. The summed E-state index contributed by atoms with van der Waals surface area (Å²) in [5, 5.41) is 3.27. The predicted octanol–water partition coefficient (Wildman–Crippen LogP) is 4.92. The van der Waals surface area contributed by atoms with Gasteiger partial charge in [-0.25, -0.2) is 9.37 Å². The van der Waals surface area contributed by atoms with Gasteiger partial charge in [-0.3, -0.25) is 4.79 Å². The highest BCUT2D eigenvalue weighted by Gasteiger charge is 2.18. The molecule has 4 rings (SSSR count). The molecule has 0 bridgehead atoms. The first-order valence-electron chi connectivity index (χ1n) is 10.4. The Morgan fingerprint density at radius 3 is 2.58 bits per heavy atom. The summed E-state index contributed by atoms with van der Waals surface area (Å²) in [6, 6.07) is 23.7. The molecule has 33 heavy (non-hydrogen) atoms. The lowest BCUT2D eigenvalue weighted by atomic mass is 10.1. The van der Waals surface area contributed by atoms with Crippen molar-refractivity contribution in [3.63, 3.8) is 0 Å². The number of methoxy groups -OCH3 is 1. The van der Waals surface area contributed by atoms with Gasteiger partial charge in [-0.2, -0.15) is 4.37 Å². The number of anilines is 2. The number of para-hydroxylation sites is 1. The van der Waals surface area contributed by atoms with Crippen LogP contribution in [0.5, 0.6) is 5.75 Å². The Kier molecular flexibility index (Phi) is 7.26. The minimum absolute atomic E-state index is 0.0109. The quantitative estimate of drug-likeness (QED) is 0.382. The van der Waals surface area contributed by atoms with Gasteiger partial charge in [0.05, 0.1) is 19.3 Å². The SMILES string of the molecule is COc1cccc(Cc2nsc(N(CC(=O)Nc3ccccc3F)Cc3ccccc3)n2)c1. The zero-order chi connectivity index (χ0) is 23.0. The first kappa shape index (κ1) is 22.4. The van der Waals surface area contributed by atoms with Crippen LogP contribution >= 0.6 is 11.5 Å². The van der Waals surface area contributed by atoms with Crippen LogP contribution in [0.25, 0.3) is 0 Å². The molecule has 0 fully saturated rings. The fourth-order valence-electron chi connectivity index (χ4n) is 3.33. The fourth-order valence-corrected chi connectivity index (χ4v) is 4.01. The van der Waals surface area contributed by atoms with Gasteiger partial charge in [0.15, 0.2) is 0 Å². The molecule has 0 unspecified atom stereocenters. The molecule has 1 amide bonds. The molecule has 168 valence electrons. The molecule has 1 heterocycles. The van der Waals surface area contributed by atoms with Crippen LogP contribution in [-0.2, 0) is 17.8 Å². The van der Waals surface area contributed by atoms with Gasteiger partial charge in [0.2, 0.25) is 11.0 Å². The highest BCUT2D eigenvalue weighted by molar-refractivity contribution is 7.09. The minimum Gasteiger partial charge on any atom is -0.497 e. The Balaban J connectivity index is 1.52. The molecule has 0 atom stereocenters. The number of ether oxygens (including phenoxy) is 1. The van der Waals surface area contributed by atoms with Crippen molar-refractivity contribution in [1.29, 1.82) is 0 Å². The summed E-state index contributed by atoms with van der Waals surface area (Å²) in [5.41, 5.74) is 2.21. The molecule has 0 aliphatic heterocycles. The number of carbonyl (C=O) groups is 1. The number of aromatic nitrogens is 2.